The second-order valence-electron chi connectivity index (χ2n) is 4.19. The van der Waals surface area contributed by atoms with Gasteiger partial charge in [-0.2, -0.15) is 0 Å². The van der Waals surface area contributed by atoms with Crippen molar-refractivity contribution in [3.8, 4) is 0 Å². The molecule has 0 bridgehead atoms. The number of hydrogen-bond donors (Lipinski definition) is 0. The topological polar surface area (TPSA) is 9.23 Å². The molecule has 82 valence electrons. The maximum Gasteiger partial charge on any atom is 0.278 e. The highest BCUT2D eigenvalue weighted by Gasteiger charge is 2.45. The molecule has 1 aliphatic heterocycles. The largest absolute Gasteiger partial charge is 0.367 e. The van der Waals surface area contributed by atoms with Crippen LogP contribution in [0.3, 0.4) is 0 Å². The highest BCUT2D eigenvalue weighted by Crippen LogP contribution is 2.42. The van der Waals surface area contributed by atoms with Gasteiger partial charge >= 0.3 is 0 Å². The monoisotopic (exact) mass is 212 g/mol. The fourth-order valence-corrected chi connectivity index (χ4v) is 1.98. The zero-order valence-electron chi connectivity index (χ0n) is 8.62. The minimum absolute atomic E-state index is 0.0695. The fraction of sp³-hybridized carbons (Fsp3) is 0.500. The summed E-state index contributed by atoms with van der Waals surface area (Å²) in [6, 6.07) is 8.70. The summed E-state index contributed by atoms with van der Waals surface area (Å²) in [5.41, 5.74) is 0.564. The Bertz CT molecular complexity index is 324. The highest BCUT2D eigenvalue weighted by molar-refractivity contribution is 5.20. The van der Waals surface area contributed by atoms with E-state index in [2.05, 4.69) is 0 Å². The van der Waals surface area contributed by atoms with E-state index in [4.69, 9.17) is 4.74 Å². The van der Waals surface area contributed by atoms with E-state index in [1.165, 1.54) is 0 Å². The number of benzene rings is 1. The first-order chi connectivity index (χ1) is 7.09. The first kappa shape index (κ1) is 10.6. The van der Waals surface area contributed by atoms with Crippen LogP contribution in [0.25, 0.3) is 0 Å². The third-order valence-corrected chi connectivity index (χ3v) is 2.65. The average Bonchev–Trinajstić information content (AvgIpc) is 2.17. The molecule has 15 heavy (non-hydrogen) atoms. The van der Waals surface area contributed by atoms with Crippen molar-refractivity contribution in [2.45, 2.75) is 25.4 Å². The molecule has 1 heterocycles. The second kappa shape index (κ2) is 3.89. The maximum absolute atomic E-state index is 13.7. The third kappa shape index (κ3) is 2.17. The van der Waals surface area contributed by atoms with Crippen LogP contribution in [0.1, 0.15) is 25.0 Å². The molecule has 3 heteroatoms. The van der Waals surface area contributed by atoms with E-state index in [9.17, 15) is 8.78 Å². The predicted molar refractivity (Wildman–Crippen MR) is 53.9 cm³/mol. The summed E-state index contributed by atoms with van der Waals surface area (Å²) in [4.78, 5) is 0. The van der Waals surface area contributed by atoms with Gasteiger partial charge in [0.05, 0.1) is 6.61 Å². The summed E-state index contributed by atoms with van der Waals surface area (Å²) in [6.07, 6.45) is -1.16. The summed E-state index contributed by atoms with van der Waals surface area (Å²) in [5.74, 6) is -2.82. The van der Waals surface area contributed by atoms with Crippen LogP contribution in [0, 0.1) is 5.92 Å². The lowest BCUT2D eigenvalue weighted by Crippen LogP contribution is -2.37. The Hall–Kier alpha value is -0.960. The van der Waals surface area contributed by atoms with Crippen molar-refractivity contribution in [1.82, 2.24) is 0 Å². The fourth-order valence-electron chi connectivity index (χ4n) is 1.98. The normalized spacial score (nSPS) is 30.1. The molecular weight excluding hydrogens is 198 g/mol. The molecule has 0 saturated carbocycles. The lowest BCUT2D eigenvalue weighted by atomic mass is 9.92. The number of hydrogen-bond acceptors (Lipinski definition) is 1. The maximum atomic E-state index is 13.7. The quantitative estimate of drug-likeness (QED) is 0.693. The van der Waals surface area contributed by atoms with Crippen molar-refractivity contribution in [3.05, 3.63) is 35.9 Å². The van der Waals surface area contributed by atoms with Gasteiger partial charge in [-0.05, 0) is 11.5 Å². The Morgan fingerprint density at radius 3 is 2.53 bits per heavy atom. The molecule has 1 aromatic carbocycles. The smallest absolute Gasteiger partial charge is 0.278 e. The Labute approximate surface area is 88.1 Å². The molecule has 1 fully saturated rings. The lowest BCUT2D eigenvalue weighted by molar-refractivity contribution is -0.190. The average molecular weight is 212 g/mol. The summed E-state index contributed by atoms with van der Waals surface area (Å²) in [7, 11) is 0. The molecule has 2 atom stereocenters. The van der Waals surface area contributed by atoms with Crippen molar-refractivity contribution in [2.75, 3.05) is 6.61 Å². The van der Waals surface area contributed by atoms with Crippen molar-refractivity contribution >= 4 is 0 Å². The molecular formula is C12H14F2O. The van der Waals surface area contributed by atoms with E-state index in [1.807, 2.05) is 6.07 Å². The summed E-state index contributed by atoms with van der Waals surface area (Å²) < 4.78 is 32.6. The minimum Gasteiger partial charge on any atom is -0.367 e. The number of ether oxygens (including phenoxy) is 1. The molecule has 0 aromatic heterocycles. The van der Waals surface area contributed by atoms with E-state index in [0.29, 0.717) is 12.2 Å². The van der Waals surface area contributed by atoms with Gasteiger partial charge in [0.25, 0.3) is 5.92 Å². The van der Waals surface area contributed by atoms with Crippen molar-refractivity contribution in [1.29, 1.82) is 0 Å². The van der Waals surface area contributed by atoms with Gasteiger partial charge in [-0.1, -0.05) is 37.3 Å². The van der Waals surface area contributed by atoms with Crippen LogP contribution in [-0.2, 0) is 4.74 Å². The van der Waals surface area contributed by atoms with Gasteiger partial charge in [0.2, 0.25) is 0 Å². The van der Waals surface area contributed by atoms with Gasteiger partial charge < -0.3 is 4.74 Å². The van der Waals surface area contributed by atoms with Crippen LogP contribution in [-0.4, -0.2) is 12.5 Å². The van der Waals surface area contributed by atoms with Gasteiger partial charge in [0.1, 0.15) is 6.10 Å². The molecule has 0 unspecified atom stereocenters. The van der Waals surface area contributed by atoms with Gasteiger partial charge in [-0.25, -0.2) is 8.78 Å². The van der Waals surface area contributed by atoms with Crippen LogP contribution >= 0.6 is 0 Å². The number of alkyl halides is 2. The molecule has 0 N–H and O–H groups in total. The van der Waals surface area contributed by atoms with Crippen LogP contribution in [0.4, 0.5) is 8.78 Å². The Morgan fingerprint density at radius 1 is 1.27 bits per heavy atom. The molecule has 0 spiro atoms. The van der Waals surface area contributed by atoms with E-state index >= 15 is 0 Å². The van der Waals surface area contributed by atoms with Gasteiger partial charge in [0.15, 0.2) is 0 Å². The van der Waals surface area contributed by atoms with Crippen molar-refractivity contribution < 1.29 is 13.5 Å². The molecule has 0 amide bonds. The summed E-state index contributed by atoms with van der Waals surface area (Å²) >= 11 is 0. The molecule has 1 saturated heterocycles. The molecule has 2 rings (SSSR count). The lowest BCUT2D eigenvalue weighted by Gasteiger charge is -2.34. The SMILES string of the molecule is C[C@@H]1CO[C@H](c2ccccc2)C(F)(F)C1. The Balaban J connectivity index is 2.23. The van der Waals surface area contributed by atoms with Crippen LogP contribution in [0.15, 0.2) is 30.3 Å². The van der Waals surface area contributed by atoms with E-state index in [1.54, 1.807) is 31.2 Å². The second-order valence-corrected chi connectivity index (χ2v) is 4.19. The highest BCUT2D eigenvalue weighted by atomic mass is 19.3. The number of rotatable bonds is 1. The van der Waals surface area contributed by atoms with Gasteiger partial charge in [0, 0.05) is 6.42 Å². The van der Waals surface area contributed by atoms with Crippen LogP contribution in [0.2, 0.25) is 0 Å². The zero-order chi connectivity index (χ0) is 10.9. The third-order valence-electron chi connectivity index (χ3n) is 2.65. The van der Waals surface area contributed by atoms with Gasteiger partial charge in [-0.15, -0.1) is 0 Å². The molecule has 1 aromatic rings. The molecule has 1 aliphatic rings. The zero-order valence-corrected chi connectivity index (χ0v) is 8.62. The Kier molecular flexibility index (Phi) is 2.74. The summed E-state index contributed by atoms with van der Waals surface area (Å²) in [5, 5.41) is 0. The Morgan fingerprint density at radius 2 is 1.93 bits per heavy atom. The van der Waals surface area contributed by atoms with Crippen LogP contribution < -0.4 is 0 Å². The van der Waals surface area contributed by atoms with Crippen molar-refractivity contribution in [3.63, 3.8) is 0 Å². The van der Waals surface area contributed by atoms with Gasteiger partial charge in [-0.3, -0.25) is 0 Å². The van der Waals surface area contributed by atoms with E-state index in [-0.39, 0.29) is 12.3 Å². The van der Waals surface area contributed by atoms with E-state index in [0.717, 1.165) is 0 Å². The first-order valence-electron chi connectivity index (χ1n) is 5.14. The standard InChI is InChI=1S/C12H14F2O/c1-9-7-12(13,14)11(15-8-9)10-5-3-2-4-6-10/h2-6,9,11H,7-8H2,1H3/t9-,11+/m0/s1. The minimum atomic E-state index is -2.75. The van der Waals surface area contributed by atoms with E-state index < -0.39 is 12.0 Å². The molecule has 0 radical (unpaired) electrons. The van der Waals surface area contributed by atoms with Crippen molar-refractivity contribution in [2.24, 2.45) is 5.92 Å². The summed E-state index contributed by atoms with van der Waals surface area (Å²) in [6.45, 7) is 2.20. The molecule has 0 aliphatic carbocycles. The molecule has 1 nitrogen and oxygen atoms in total. The first-order valence-corrected chi connectivity index (χ1v) is 5.14. The predicted octanol–water partition coefficient (Wildman–Crippen LogP) is 3.42. The van der Waals surface area contributed by atoms with Crippen LogP contribution in [0.5, 0.6) is 0 Å². The number of halogens is 2.